The molecule has 1 heterocycles. The van der Waals surface area contributed by atoms with Gasteiger partial charge in [0.2, 0.25) is 0 Å². The highest BCUT2D eigenvalue weighted by atomic mass is 32.2. The van der Waals surface area contributed by atoms with Crippen molar-refractivity contribution < 1.29 is 27.7 Å². The van der Waals surface area contributed by atoms with Gasteiger partial charge in [-0.2, -0.15) is 0 Å². The monoisotopic (exact) mass is 402 g/mol. The lowest BCUT2D eigenvalue weighted by molar-refractivity contribution is -0.385. The van der Waals surface area contributed by atoms with Gasteiger partial charge >= 0.3 is 5.97 Å². The Balaban J connectivity index is 1.61. The Labute approximate surface area is 160 Å². The zero-order valence-corrected chi connectivity index (χ0v) is 15.2. The molecule has 0 unspecified atom stereocenters. The molecular formula is C18H14N2O7S. The van der Waals surface area contributed by atoms with Crippen LogP contribution in [0.1, 0.15) is 15.9 Å². The summed E-state index contributed by atoms with van der Waals surface area (Å²) in [5.41, 5.74) is 0.125. The van der Waals surface area contributed by atoms with Gasteiger partial charge in [-0.05, 0) is 24.3 Å². The van der Waals surface area contributed by atoms with E-state index in [0.717, 1.165) is 6.08 Å². The van der Waals surface area contributed by atoms with E-state index in [1.807, 2.05) is 0 Å². The Bertz CT molecular complexity index is 1090. The van der Waals surface area contributed by atoms with Gasteiger partial charge < -0.3 is 4.74 Å². The van der Waals surface area contributed by atoms with E-state index in [0.29, 0.717) is 4.31 Å². The number of benzene rings is 2. The second-order valence-electron chi connectivity index (χ2n) is 5.70. The summed E-state index contributed by atoms with van der Waals surface area (Å²) in [6, 6.07) is 11.7. The molecule has 0 aromatic heterocycles. The van der Waals surface area contributed by atoms with Crippen LogP contribution < -0.4 is 0 Å². The third kappa shape index (κ3) is 3.62. The molecule has 2 aromatic rings. The third-order valence-corrected chi connectivity index (χ3v) is 5.82. The van der Waals surface area contributed by atoms with Crippen LogP contribution in [-0.4, -0.2) is 42.7 Å². The average molecular weight is 402 g/mol. The van der Waals surface area contributed by atoms with Crippen LogP contribution in [0.3, 0.4) is 0 Å². The van der Waals surface area contributed by atoms with E-state index in [2.05, 4.69) is 0 Å². The molecule has 0 radical (unpaired) electrons. The van der Waals surface area contributed by atoms with Gasteiger partial charge in [0.05, 0.1) is 22.6 Å². The van der Waals surface area contributed by atoms with E-state index < -0.39 is 26.8 Å². The molecule has 0 fully saturated rings. The van der Waals surface area contributed by atoms with Crippen LogP contribution in [0, 0.1) is 10.1 Å². The number of nitrogens with zero attached hydrogens (tertiary/aromatic N) is 2. The van der Waals surface area contributed by atoms with Crippen LogP contribution in [0.15, 0.2) is 59.5 Å². The van der Waals surface area contributed by atoms with E-state index in [-0.39, 0.29) is 34.9 Å². The minimum atomic E-state index is -3.96. The Morgan fingerprint density at radius 2 is 1.82 bits per heavy atom. The fraction of sp³-hybridized carbons (Fsp3) is 0.111. The van der Waals surface area contributed by atoms with E-state index in [9.17, 15) is 28.1 Å². The van der Waals surface area contributed by atoms with Crippen molar-refractivity contribution in [2.75, 3.05) is 13.2 Å². The Morgan fingerprint density at radius 1 is 1.14 bits per heavy atom. The zero-order valence-electron chi connectivity index (χ0n) is 14.3. The molecule has 0 bridgehead atoms. The molecule has 0 N–H and O–H groups in total. The van der Waals surface area contributed by atoms with Gasteiger partial charge in [-0.25, -0.2) is 17.5 Å². The van der Waals surface area contributed by atoms with Gasteiger partial charge in [0.1, 0.15) is 11.5 Å². The molecule has 1 amide bonds. The van der Waals surface area contributed by atoms with Gasteiger partial charge in [0, 0.05) is 12.1 Å². The number of carbonyl (C=O) groups excluding carboxylic acids is 2. The van der Waals surface area contributed by atoms with Crippen molar-refractivity contribution in [1.82, 2.24) is 4.31 Å². The number of rotatable bonds is 6. The summed E-state index contributed by atoms with van der Waals surface area (Å²) in [7, 11) is -3.96. The van der Waals surface area contributed by atoms with Crippen LogP contribution in [0.4, 0.5) is 5.69 Å². The normalized spacial score (nSPS) is 14.9. The van der Waals surface area contributed by atoms with E-state index >= 15 is 0 Å². The third-order valence-electron chi connectivity index (χ3n) is 3.98. The lowest BCUT2D eigenvalue weighted by Gasteiger charge is -2.14. The maximum absolute atomic E-state index is 12.4. The molecular weight excluding hydrogens is 388 g/mol. The number of hydrogen-bond donors (Lipinski definition) is 0. The highest BCUT2D eigenvalue weighted by Crippen LogP contribution is 2.29. The number of para-hydroxylation sites is 1. The van der Waals surface area contributed by atoms with Gasteiger partial charge in [-0.3, -0.25) is 14.9 Å². The van der Waals surface area contributed by atoms with Gasteiger partial charge in [-0.15, -0.1) is 0 Å². The fourth-order valence-corrected chi connectivity index (χ4v) is 4.23. The van der Waals surface area contributed by atoms with E-state index in [1.54, 1.807) is 12.1 Å². The number of nitro groups is 1. The van der Waals surface area contributed by atoms with Crippen LogP contribution in [-0.2, 0) is 19.6 Å². The number of carbonyl (C=O) groups is 2. The highest BCUT2D eigenvalue weighted by molar-refractivity contribution is 7.90. The number of hydrogen-bond acceptors (Lipinski definition) is 7. The summed E-state index contributed by atoms with van der Waals surface area (Å²) in [6.45, 7) is -0.681. The molecule has 28 heavy (non-hydrogen) atoms. The molecule has 2 aromatic carbocycles. The van der Waals surface area contributed by atoms with Crippen molar-refractivity contribution in [2.24, 2.45) is 0 Å². The van der Waals surface area contributed by atoms with E-state index in [4.69, 9.17) is 4.74 Å². The second kappa shape index (κ2) is 7.61. The number of sulfonamides is 1. The first-order chi connectivity index (χ1) is 13.3. The summed E-state index contributed by atoms with van der Waals surface area (Å²) in [6.07, 6.45) is 2.23. The number of fused-ring (bicyclic) bond motifs is 1. The number of ether oxygens (including phenoxy) is 1. The first kappa shape index (κ1) is 19.2. The lowest BCUT2D eigenvalue weighted by Crippen LogP contribution is -2.33. The number of amides is 1. The van der Waals surface area contributed by atoms with Gasteiger partial charge in [-0.1, -0.05) is 24.3 Å². The van der Waals surface area contributed by atoms with Crippen molar-refractivity contribution in [2.45, 2.75) is 4.90 Å². The Morgan fingerprint density at radius 3 is 2.54 bits per heavy atom. The molecule has 3 rings (SSSR count). The lowest BCUT2D eigenvalue weighted by atomic mass is 10.1. The summed E-state index contributed by atoms with van der Waals surface area (Å²) in [5, 5.41) is 10.9. The average Bonchev–Trinajstić information content (AvgIpc) is 2.87. The molecule has 9 nitrogen and oxygen atoms in total. The molecule has 10 heteroatoms. The molecule has 0 spiro atoms. The molecule has 1 aliphatic rings. The largest absolute Gasteiger partial charge is 0.461 e. The van der Waals surface area contributed by atoms with Crippen LogP contribution >= 0.6 is 0 Å². The zero-order chi connectivity index (χ0) is 20.3. The fourth-order valence-electron chi connectivity index (χ4n) is 2.68. The smallest absolute Gasteiger partial charge is 0.330 e. The minimum absolute atomic E-state index is 0.0742. The quantitative estimate of drug-likeness (QED) is 0.313. The first-order valence-corrected chi connectivity index (χ1v) is 9.51. The Kier molecular flexibility index (Phi) is 5.23. The summed E-state index contributed by atoms with van der Waals surface area (Å²) >= 11 is 0. The molecule has 0 saturated carbocycles. The van der Waals surface area contributed by atoms with Crippen molar-refractivity contribution in [3.8, 4) is 0 Å². The van der Waals surface area contributed by atoms with Crippen molar-refractivity contribution in [1.29, 1.82) is 0 Å². The summed E-state index contributed by atoms with van der Waals surface area (Å²) < 4.78 is 30.3. The highest BCUT2D eigenvalue weighted by Gasteiger charge is 2.40. The van der Waals surface area contributed by atoms with Crippen molar-refractivity contribution >= 4 is 33.7 Å². The molecule has 0 atom stereocenters. The topological polar surface area (TPSA) is 124 Å². The van der Waals surface area contributed by atoms with Gasteiger partial charge in [0.15, 0.2) is 0 Å². The second-order valence-corrected chi connectivity index (χ2v) is 7.53. The molecule has 1 aliphatic heterocycles. The van der Waals surface area contributed by atoms with Gasteiger partial charge in [0.25, 0.3) is 21.6 Å². The molecule has 0 aliphatic carbocycles. The standard InChI is InChI=1S/C18H14N2O7S/c21-17(10-9-13-5-1-3-7-15(13)20(23)24)27-12-11-19-18(22)14-6-2-4-8-16(14)28(19,25)26/h1-10H,11-12H2/b10-9+. The minimum Gasteiger partial charge on any atom is -0.461 e. The molecule has 144 valence electrons. The maximum Gasteiger partial charge on any atom is 0.330 e. The molecule has 0 saturated heterocycles. The first-order valence-electron chi connectivity index (χ1n) is 8.07. The van der Waals surface area contributed by atoms with Crippen molar-refractivity contribution in [3.63, 3.8) is 0 Å². The van der Waals surface area contributed by atoms with Crippen LogP contribution in [0.2, 0.25) is 0 Å². The number of esters is 1. The summed E-state index contributed by atoms with van der Waals surface area (Å²) in [4.78, 5) is 34.3. The van der Waals surface area contributed by atoms with Crippen LogP contribution in [0.5, 0.6) is 0 Å². The number of nitro benzene ring substituents is 1. The van der Waals surface area contributed by atoms with E-state index in [1.165, 1.54) is 42.5 Å². The predicted molar refractivity (Wildman–Crippen MR) is 97.8 cm³/mol. The Hall–Kier alpha value is -3.53. The maximum atomic E-state index is 12.4. The SMILES string of the molecule is O=C(/C=C/c1ccccc1[N+](=O)[O-])OCCN1C(=O)c2ccccc2S1(=O)=O. The predicted octanol–water partition coefficient (Wildman–Crippen LogP) is 2.00. The van der Waals surface area contributed by atoms with Crippen molar-refractivity contribution in [3.05, 3.63) is 75.8 Å². The van der Waals surface area contributed by atoms with Crippen LogP contribution in [0.25, 0.3) is 6.08 Å². The summed E-state index contributed by atoms with van der Waals surface area (Å²) in [5.74, 6) is -1.50.